The van der Waals surface area contributed by atoms with Crippen LogP contribution in [0, 0.1) is 0 Å². The zero-order valence-electron chi connectivity index (χ0n) is 7.15. The first kappa shape index (κ1) is 9.11. The summed E-state index contributed by atoms with van der Waals surface area (Å²) in [6, 6.07) is 4.84. The molecule has 0 aliphatic heterocycles. The smallest absolute Gasteiger partial charge is 0.396 e. The Morgan fingerprint density at radius 3 is 3.00 bits per heavy atom. The molecular weight excluding hydrogens is 202 g/mol. The number of Topliss-reactive ketones (excluding diaryl/α,β-unsaturated/α-hetero) is 1. The number of benzene rings is 1. The van der Waals surface area contributed by atoms with Crippen molar-refractivity contribution in [2.24, 2.45) is 5.73 Å². The molecule has 0 spiro atoms. The van der Waals surface area contributed by atoms with Crippen molar-refractivity contribution in [3.8, 4) is 0 Å². The second-order valence-electron chi connectivity index (χ2n) is 2.74. The van der Waals surface area contributed by atoms with Crippen molar-refractivity contribution >= 4 is 27.4 Å². The number of carbonyl (C=O) groups excluding carboxylic acids is 1. The van der Waals surface area contributed by atoms with Crippen LogP contribution in [-0.4, -0.2) is 12.3 Å². The van der Waals surface area contributed by atoms with Gasteiger partial charge in [0.25, 0.3) is 0 Å². The van der Waals surface area contributed by atoms with Gasteiger partial charge in [0.2, 0.25) is 0 Å². The molecule has 2 aromatic rings. The third-order valence-corrected chi connectivity index (χ3v) is 2.63. The van der Waals surface area contributed by atoms with E-state index in [9.17, 15) is 9.59 Å². The summed E-state index contributed by atoms with van der Waals surface area (Å²) in [5.74, 6) is -0.146. The van der Waals surface area contributed by atoms with Gasteiger partial charge in [-0.1, -0.05) is 11.3 Å². The molecule has 1 aromatic carbocycles. The van der Waals surface area contributed by atoms with Gasteiger partial charge >= 0.3 is 4.94 Å². The van der Waals surface area contributed by atoms with E-state index in [1.165, 1.54) is 0 Å². The number of nitrogens with two attached hydrogens (primary N) is 1. The molecule has 0 saturated carbocycles. The van der Waals surface area contributed by atoms with Gasteiger partial charge in [-0.3, -0.25) is 4.79 Å². The number of hydrogen-bond donors (Lipinski definition) is 1. The lowest BCUT2D eigenvalue weighted by molar-refractivity contribution is 0.100. The highest BCUT2D eigenvalue weighted by Crippen LogP contribution is 2.18. The van der Waals surface area contributed by atoms with Crippen molar-refractivity contribution in [3.63, 3.8) is 0 Å². The highest BCUT2D eigenvalue weighted by molar-refractivity contribution is 7.16. The minimum atomic E-state index is -0.364. The highest BCUT2D eigenvalue weighted by atomic mass is 32.1. The van der Waals surface area contributed by atoms with Crippen molar-refractivity contribution in [2.75, 3.05) is 6.54 Å². The zero-order valence-corrected chi connectivity index (χ0v) is 7.97. The van der Waals surface area contributed by atoms with Crippen LogP contribution in [0.5, 0.6) is 0 Å². The molecule has 4 nitrogen and oxygen atoms in total. The van der Waals surface area contributed by atoms with E-state index in [0.29, 0.717) is 15.8 Å². The summed E-state index contributed by atoms with van der Waals surface area (Å²) in [5.41, 5.74) is 6.24. The van der Waals surface area contributed by atoms with Crippen LogP contribution in [0.15, 0.2) is 27.4 Å². The van der Waals surface area contributed by atoms with E-state index in [1.54, 1.807) is 18.2 Å². The molecule has 2 N–H and O–H groups in total. The van der Waals surface area contributed by atoms with E-state index in [2.05, 4.69) is 0 Å². The number of rotatable bonds is 2. The average molecular weight is 209 g/mol. The Labute approximate surface area is 83.0 Å². The molecule has 0 unspecified atom stereocenters. The standard InChI is InChI=1S/C9H7NO3S/c10-4-6(11)5-1-2-7-8(3-5)14-9(12)13-7/h1-3H,4,10H2. The predicted molar refractivity (Wildman–Crippen MR) is 53.7 cm³/mol. The minimum absolute atomic E-state index is 0.0295. The lowest BCUT2D eigenvalue weighted by Gasteiger charge is -1.95. The van der Waals surface area contributed by atoms with Crippen LogP contribution in [0.2, 0.25) is 0 Å². The van der Waals surface area contributed by atoms with Gasteiger partial charge in [-0.15, -0.1) is 0 Å². The zero-order chi connectivity index (χ0) is 10.1. The summed E-state index contributed by atoms with van der Waals surface area (Å²) < 4.78 is 5.53. The first-order valence-corrected chi connectivity index (χ1v) is 4.79. The highest BCUT2D eigenvalue weighted by Gasteiger charge is 2.07. The Balaban J connectivity index is 2.61. The van der Waals surface area contributed by atoms with E-state index < -0.39 is 0 Å². The number of ketones is 1. The van der Waals surface area contributed by atoms with E-state index in [4.69, 9.17) is 10.2 Å². The molecular formula is C9H7NO3S. The number of fused-ring (bicyclic) bond motifs is 1. The molecule has 0 aliphatic carbocycles. The summed E-state index contributed by atoms with van der Waals surface area (Å²) in [4.78, 5) is 21.8. The number of hydrogen-bond acceptors (Lipinski definition) is 5. The summed E-state index contributed by atoms with van der Waals surface area (Å²) in [6.45, 7) is -0.0295. The van der Waals surface area contributed by atoms with Crippen LogP contribution in [-0.2, 0) is 0 Å². The largest absolute Gasteiger partial charge is 0.414 e. The summed E-state index contributed by atoms with van der Waals surface area (Å²) >= 11 is 0.979. The molecule has 5 heteroatoms. The maximum atomic E-state index is 11.2. The van der Waals surface area contributed by atoms with Crippen molar-refractivity contribution in [3.05, 3.63) is 33.5 Å². The predicted octanol–water partition coefficient (Wildman–Crippen LogP) is 0.996. The Kier molecular flexibility index (Phi) is 2.18. The average Bonchev–Trinajstić information content (AvgIpc) is 2.55. The van der Waals surface area contributed by atoms with Crippen LogP contribution in [0.1, 0.15) is 10.4 Å². The molecule has 0 amide bonds. The molecule has 0 fully saturated rings. The fourth-order valence-corrected chi connectivity index (χ4v) is 1.87. The Morgan fingerprint density at radius 2 is 2.29 bits per heavy atom. The quantitative estimate of drug-likeness (QED) is 0.749. The Morgan fingerprint density at radius 1 is 1.50 bits per heavy atom. The monoisotopic (exact) mass is 209 g/mol. The normalized spacial score (nSPS) is 10.6. The topological polar surface area (TPSA) is 73.3 Å². The summed E-state index contributed by atoms with van der Waals surface area (Å²) in [7, 11) is 0. The Bertz CT molecular complexity index is 540. The molecule has 1 heterocycles. The SMILES string of the molecule is NCC(=O)c1ccc2oc(=O)sc2c1. The van der Waals surface area contributed by atoms with Gasteiger partial charge in [0.1, 0.15) is 5.58 Å². The van der Waals surface area contributed by atoms with Crippen LogP contribution in [0.3, 0.4) is 0 Å². The van der Waals surface area contributed by atoms with Gasteiger partial charge in [0, 0.05) is 5.56 Å². The molecule has 14 heavy (non-hydrogen) atoms. The van der Waals surface area contributed by atoms with Crippen molar-refractivity contribution in [1.82, 2.24) is 0 Å². The van der Waals surface area contributed by atoms with Crippen LogP contribution in [0.25, 0.3) is 10.3 Å². The van der Waals surface area contributed by atoms with Gasteiger partial charge in [0.15, 0.2) is 5.78 Å². The first-order chi connectivity index (χ1) is 6.70. The number of carbonyl (C=O) groups is 1. The minimum Gasteiger partial charge on any atom is -0.414 e. The van der Waals surface area contributed by atoms with Crippen LogP contribution < -0.4 is 10.7 Å². The van der Waals surface area contributed by atoms with Crippen LogP contribution in [0.4, 0.5) is 0 Å². The first-order valence-electron chi connectivity index (χ1n) is 3.97. The van der Waals surface area contributed by atoms with Crippen molar-refractivity contribution < 1.29 is 9.21 Å². The maximum Gasteiger partial charge on any atom is 0.396 e. The van der Waals surface area contributed by atoms with E-state index in [-0.39, 0.29) is 17.3 Å². The molecule has 2 rings (SSSR count). The molecule has 0 radical (unpaired) electrons. The van der Waals surface area contributed by atoms with Gasteiger partial charge in [0.05, 0.1) is 11.2 Å². The van der Waals surface area contributed by atoms with Crippen molar-refractivity contribution in [2.45, 2.75) is 0 Å². The summed E-state index contributed by atoms with van der Waals surface area (Å²) in [6.07, 6.45) is 0. The third-order valence-electron chi connectivity index (χ3n) is 1.84. The maximum absolute atomic E-state index is 11.2. The van der Waals surface area contributed by atoms with Gasteiger partial charge < -0.3 is 10.2 Å². The molecule has 0 saturated heterocycles. The lowest BCUT2D eigenvalue weighted by atomic mass is 10.1. The van der Waals surface area contributed by atoms with E-state index in [0.717, 1.165) is 11.3 Å². The second kappa shape index (κ2) is 3.36. The fourth-order valence-electron chi connectivity index (χ4n) is 1.16. The molecule has 0 atom stereocenters. The van der Waals surface area contributed by atoms with Gasteiger partial charge in [-0.25, -0.2) is 4.79 Å². The Hall–Kier alpha value is -1.46. The van der Waals surface area contributed by atoms with Gasteiger partial charge in [-0.05, 0) is 18.2 Å². The van der Waals surface area contributed by atoms with E-state index >= 15 is 0 Å². The molecule has 0 aliphatic rings. The molecule has 0 bridgehead atoms. The second-order valence-corrected chi connectivity index (χ2v) is 3.72. The third kappa shape index (κ3) is 1.47. The molecule has 72 valence electrons. The van der Waals surface area contributed by atoms with Crippen LogP contribution >= 0.6 is 11.3 Å². The van der Waals surface area contributed by atoms with Gasteiger partial charge in [-0.2, -0.15) is 0 Å². The lowest BCUT2D eigenvalue weighted by Crippen LogP contribution is -2.13. The van der Waals surface area contributed by atoms with Crippen molar-refractivity contribution in [1.29, 1.82) is 0 Å². The molecule has 1 aromatic heterocycles. The van der Waals surface area contributed by atoms with E-state index in [1.807, 2.05) is 0 Å². The fraction of sp³-hybridized carbons (Fsp3) is 0.111. The summed E-state index contributed by atoms with van der Waals surface area (Å²) in [5, 5.41) is 0.